The van der Waals surface area contributed by atoms with Crippen LogP contribution in [0, 0.1) is 5.41 Å². The maximum atomic E-state index is 16.2. The van der Waals surface area contributed by atoms with E-state index in [1.807, 2.05) is 0 Å². The van der Waals surface area contributed by atoms with Crippen molar-refractivity contribution in [3.05, 3.63) is 166 Å². The van der Waals surface area contributed by atoms with Gasteiger partial charge >= 0.3 is 30.2 Å². The first-order valence-electron chi connectivity index (χ1n) is 50.3. The number of cyclic esters (lactones) is 1. The van der Waals surface area contributed by atoms with Gasteiger partial charge in [0.05, 0.1) is 54.2 Å². The Balaban J connectivity index is 1.07. The number of carbonyl (C=O) groups excluding carboxylic acids is 16. The molecule has 3 saturated heterocycles. The molecule has 1 aromatic heterocycles. The highest BCUT2D eigenvalue weighted by Gasteiger charge is 2.52. The van der Waals surface area contributed by atoms with E-state index >= 15 is 46.7 Å². The van der Waals surface area contributed by atoms with Crippen molar-refractivity contribution < 1.29 is 129 Å². The van der Waals surface area contributed by atoms with Gasteiger partial charge < -0.3 is 110 Å². The van der Waals surface area contributed by atoms with E-state index in [2.05, 4.69) is 79.8 Å². The maximum absolute atomic E-state index is 16.2. The zero-order chi connectivity index (χ0) is 110. The van der Waals surface area contributed by atoms with Crippen LogP contribution in [0.1, 0.15) is 216 Å². The van der Waals surface area contributed by atoms with Crippen molar-refractivity contribution in [2.24, 2.45) is 11.1 Å². The van der Waals surface area contributed by atoms with Crippen molar-refractivity contribution in [3.8, 4) is 0 Å². The average molecular weight is 2110 g/mol. The molecule has 3 fully saturated rings. The lowest BCUT2D eigenvalue weighted by molar-refractivity contribution is -0.146. The maximum Gasteiger partial charge on any atom is 0.416 e. The molecule has 21 N–H and O–H groups in total. The van der Waals surface area contributed by atoms with Gasteiger partial charge in [-0.05, 0) is 200 Å². The summed E-state index contributed by atoms with van der Waals surface area (Å²) in [5, 5.41) is 86.9. The number of fused-ring (bicyclic) bond motifs is 4. The Labute approximate surface area is 869 Å². The number of aliphatic hydroxyl groups excluding tert-OH is 1. The van der Waals surface area contributed by atoms with Crippen molar-refractivity contribution >= 4 is 134 Å². The van der Waals surface area contributed by atoms with Gasteiger partial charge in [-0.3, -0.25) is 92.1 Å². The summed E-state index contributed by atoms with van der Waals surface area (Å²) in [6.45, 7) is 10.1. The van der Waals surface area contributed by atoms with E-state index < -0.39 is 288 Å². The molecule has 16 amide bonds. The number of hydrogen-bond donors (Lipinski definition) is 20. The summed E-state index contributed by atoms with van der Waals surface area (Å²) in [7, 11) is 0. The number of aromatic carboxylic acids is 1. The fraction of sp³-hybridized carbons (Fsp3) is 0.529. The number of hydrogen-bond acceptors (Lipinski definition) is 24. The smallest absolute Gasteiger partial charge is 0.416 e. The summed E-state index contributed by atoms with van der Waals surface area (Å²) in [6, 6.07) is 3.10. The number of primary amides is 1. The monoisotopic (exact) mass is 2110 g/mol. The van der Waals surface area contributed by atoms with Crippen LogP contribution in [0.4, 0.5) is 18.0 Å². The summed E-state index contributed by atoms with van der Waals surface area (Å²) in [5.74, 6) is -19.6. The molecule has 5 aliphatic rings. The summed E-state index contributed by atoms with van der Waals surface area (Å²) in [6.07, 6.45) is -6.66. The fourth-order valence-corrected chi connectivity index (χ4v) is 19.9. The number of alkyl halides is 3. The lowest BCUT2D eigenvalue weighted by Crippen LogP contribution is -2.67. The fourth-order valence-electron chi connectivity index (χ4n) is 18.9. The van der Waals surface area contributed by atoms with Gasteiger partial charge in [0.1, 0.15) is 71.7 Å². The van der Waals surface area contributed by atoms with E-state index in [-0.39, 0.29) is 134 Å². The van der Waals surface area contributed by atoms with E-state index in [9.17, 15) is 78.0 Å². The molecule has 16 atom stereocenters. The number of rotatable bonds is 17. The van der Waals surface area contributed by atoms with Gasteiger partial charge in [-0.2, -0.15) is 13.2 Å². The van der Waals surface area contributed by atoms with Crippen LogP contribution in [-0.2, 0) is 118 Å². The van der Waals surface area contributed by atoms with Gasteiger partial charge in [-0.1, -0.05) is 124 Å². The second-order valence-electron chi connectivity index (χ2n) is 40.5. The average Bonchev–Trinajstić information content (AvgIpc) is 1.62. The van der Waals surface area contributed by atoms with Crippen LogP contribution in [0.5, 0.6) is 0 Å². The first kappa shape index (κ1) is 118. The Hall–Kier alpha value is -14.3. The lowest BCUT2D eigenvalue weighted by Gasteiger charge is -2.41. The predicted octanol–water partition coefficient (Wildman–Crippen LogP) is 3.56. The van der Waals surface area contributed by atoms with Crippen molar-refractivity contribution in [1.29, 1.82) is 0 Å². The van der Waals surface area contributed by atoms with Crippen LogP contribution in [0.3, 0.4) is 0 Å². The number of aliphatic carboxylic acids is 2. The Bertz CT molecular complexity index is 5800. The standard InChI is InChI=1S/C104H137F3N18O24S/c1-59(84(108)132)110-86(134)70-39-40-81(127)109-45-26-22-37-69-87(135)119-79-57-124(56-78(79)112-73(51-64-33-18-20-36-68(64)104(105,106)107)89(137)117-74(90(138)114-70)52-66-58-150-80-38-21-19-35-67(66)80)99(148)149-47-27-14-10-9-11-23-41-102(42-24-12-13-25-43-103(44-29-46-125(103)61(3)126)98(147)121-76(54-83(130)131)92(140)118-77(94(142)123-102)55-100(4,5)6)97(146)120-75(53-82(128)129)91(139)116-72(50-63-32-28-34-65(48-63)95(143)144)93(141)122-101(7,8)96(145)111-60(2)85(133)115-71(88(136)113-69)49-62-30-16-15-17-31-62/h9-10,13,15-21,25,28,30-36,38,48,58-60,69-79,94,112,123,142H,11-12,14,22-24,26-27,29,37,39-47,49-57H2,1-8H3,(H2,108,132)(H,109,127)(H,110,134)(H,111,145)(H,113,136)(H,114,138)(H,115,133)(H,116,139)(H,117,137)(H,118,140)(H,119,135)(H,120,146)(H,121,147)(H,122,141)(H,128,129)(H,130,131)(H,143,144)/b10-9+,25-13-/t59-,60-,69-,70-,71-,72-,73-,74-,75-,76-,77-,78?,79+,94?,102+,103-/m0/s1. The highest BCUT2D eigenvalue weighted by molar-refractivity contribution is 7.17. The Morgan fingerprint density at radius 2 is 1.15 bits per heavy atom. The van der Waals surface area contributed by atoms with Crippen molar-refractivity contribution in [1.82, 2.24) is 89.6 Å². The molecule has 3 bridgehead atoms. The number of benzene rings is 4. The molecule has 0 aliphatic carbocycles. The number of thiophene rings is 1. The molecule has 42 nitrogen and oxygen atoms in total. The van der Waals surface area contributed by atoms with Crippen LogP contribution >= 0.6 is 11.3 Å². The third kappa shape index (κ3) is 33.9. The highest BCUT2D eigenvalue weighted by atomic mass is 32.1. The largest absolute Gasteiger partial charge is 0.481 e. The molecule has 6 heterocycles. The van der Waals surface area contributed by atoms with Gasteiger partial charge in [0.15, 0.2) is 0 Å². The van der Waals surface area contributed by atoms with Crippen LogP contribution in [0.15, 0.2) is 133 Å². The van der Waals surface area contributed by atoms with Crippen LogP contribution in [0.25, 0.3) is 10.1 Å². The van der Waals surface area contributed by atoms with E-state index in [1.54, 1.807) is 105 Å². The Morgan fingerprint density at radius 1 is 0.573 bits per heavy atom. The van der Waals surface area contributed by atoms with Crippen LogP contribution in [0.2, 0.25) is 0 Å². The zero-order valence-electron chi connectivity index (χ0n) is 85.1. The number of nitrogens with one attached hydrogen (secondary N) is 15. The number of halogens is 3. The molecule has 0 saturated carbocycles. The number of carbonyl (C=O) groups is 19. The lowest BCUT2D eigenvalue weighted by atomic mass is 9.83. The topological polar surface area (TPSA) is 627 Å². The molecule has 4 aromatic carbocycles. The Kier molecular flexibility index (Phi) is 42.1. The third-order valence-corrected chi connectivity index (χ3v) is 28.0. The van der Waals surface area contributed by atoms with Crippen LogP contribution < -0.4 is 85.5 Å². The molecule has 0 radical (unpaired) electrons. The van der Waals surface area contributed by atoms with E-state index in [0.717, 1.165) is 27.8 Å². The van der Waals surface area contributed by atoms with Gasteiger partial charge in [0, 0.05) is 69.5 Å². The third-order valence-electron chi connectivity index (χ3n) is 27.0. The van der Waals surface area contributed by atoms with Crippen molar-refractivity contribution in [2.45, 2.75) is 311 Å². The number of aliphatic hydroxyl groups is 1. The van der Waals surface area contributed by atoms with E-state index in [1.165, 1.54) is 81.2 Å². The highest BCUT2D eigenvalue weighted by Crippen LogP contribution is 2.37. The summed E-state index contributed by atoms with van der Waals surface area (Å²) >= 11 is 1.28. The molecule has 10 rings (SSSR count). The second kappa shape index (κ2) is 53.7. The molecule has 814 valence electrons. The van der Waals surface area contributed by atoms with E-state index in [0.29, 0.717) is 22.9 Å². The van der Waals surface area contributed by atoms with Gasteiger partial charge in [0.2, 0.25) is 88.6 Å². The number of carboxylic acids is 3. The molecule has 150 heavy (non-hydrogen) atoms. The van der Waals surface area contributed by atoms with Crippen molar-refractivity contribution in [2.75, 3.05) is 32.8 Å². The second-order valence-corrected chi connectivity index (χ2v) is 41.4. The molecular weight excluding hydrogens is 1970 g/mol. The normalized spacial score (nSPS) is 26.9. The Morgan fingerprint density at radius 3 is 1.81 bits per heavy atom. The van der Waals surface area contributed by atoms with Gasteiger partial charge in [-0.15, -0.1) is 11.3 Å². The predicted molar refractivity (Wildman–Crippen MR) is 541 cm³/mol. The number of carboxylic acid groups (broad SMARTS) is 3. The molecule has 2 unspecified atom stereocenters. The molecule has 5 aliphatic heterocycles. The number of allylic oxidation sites excluding steroid dienone is 3. The van der Waals surface area contributed by atoms with Crippen molar-refractivity contribution in [3.63, 3.8) is 0 Å². The number of likely N-dealkylation sites (tertiary alicyclic amines) is 1. The first-order chi connectivity index (χ1) is 70.9. The quantitative estimate of drug-likeness (QED) is 0.0592. The summed E-state index contributed by atoms with van der Waals surface area (Å²) in [5.41, 5.74) is -2.06. The number of ether oxygens (including phenoxy) is 1. The van der Waals surface area contributed by atoms with Gasteiger partial charge in [-0.25, -0.2) is 9.59 Å². The minimum Gasteiger partial charge on any atom is -0.481 e. The zero-order valence-corrected chi connectivity index (χ0v) is 85.9. The van der Waals surface area contributed by atoms with E-state index in [4.69, 9.17) is 10.5 Å². The molecular formula is C104H137F3N18O24S. The number of nitrogens with two attached hydrogens (primary N) is 1. The minimum absolute atomic E-state index is 0.00506. The number of nitrogens with zero attached hydrogens (tertiary/aromatic N) is 2. The first-order valence-corrected chi connectivity index (χ1v) is 51.2. The minimum atomic E-state index is -5.04. The molecule has 2 spiro atoms. The van der Waals surface area contributed by atoms with Crippen LogP contribution in [-0.4, -0.2) is 277 Å². The van der Waals surface area contributed by atoms with Gasteiger partial charge in [0.25, 0.3) is 0 Å². The molecule has 46 heteroatoms. The SMILES string of the molecule is CC(=O)N1CCC[C@]12C/C=C\CCC[C@@]1(CCC/C=C/CCCOC(=O)N3CC4N[C@@H](Cc5ccccc5C(F)(F)F)C(=O)N[C@@H](Cc5csc6ccccc56)C(=O)N[C@H](C(=O)N[C@@H](C)C(N)=O)CCC(=O)NCCCC[C@H](NC(=O)[C@H](Cc5ccccc5)NC(=O)[C@H](C)NC(=O)C(C)(C)NC(=O)[C@H](Cc5cccc(C(=O)O)c5)NC(=O)[C@H](CC(=O)O)NC1=O)C(=O)N[C@@H]4C3)NC(O)[C@H](CC(C)(C)C)NC(=O)[C@H](CC(=O)O)NC2=O. The number of amides is 16. The molecule has 5 aromatic rings. The summed E-state index contributed by atoms with van der Waals surface area (Å²) < 4.78 is 52.7. The summed E-state index contributed by atoms with van der Waals surface area (Å²) in [4.78, 5) is 278.